The van der Waals surface area contributed by atoms with Crippen molar-refractivity contribution >= 4 is 23.2 Å². The average Bonchev–Trinajstić information content (AvgIpc) is 3.73. The Morgan fingerprint density at radius 2 is 1.85 bits per heavy atom. The van der Waals surface area contributed by atoms with Crippen molar-refractivity contribution in [3.05, 3.63) is 116 Å². The molecule has 4 aromatic rings. The Hall–Kier alpha value is -4.06. The molecule has 0 saturated carbocycles. The van der Waals surface area contributed by atoms with E-state index in [2.05, 4.69) is 20.6 Å². The van der Waals surface area contributed by atoms with Gasteiger partial charge >= 0.3 is 0 Å². The lowest BCUT2D eigenvalue weighted by Crippen LogP contribution is -2.48. The van der Waals surface area contributed by atoms with Gasteiger partial charge in [-0.25, -0.2) is 13.8 Å². The number of aryl methyl sites for hydroxylation is 1. The van der Waals surface area contributed by atoms with Crippen molar-refractivity contribution in [1.29, 1.82) is 0 Å². The molecule has 3 heterocycles. The highest BCUT2D eigenvalue weighted by atomic mass is 32.1. The van der Waals surface area contributed by atoms with Gasteiger partial charge in [-0.05, 0) is 81.0 Å². The number of rotatable bonds is 13. The molecule has 2 amide bonds. The Kier molecular flexibility index (Phi) is 11.1. The first-order chi connectivity index (χ1) is 22.5. The highest BCUT2D eigenvalue weighted by Gasteiger charge is 2.33. The number of halogens is 2. The van der Waals surface area contributed by atoms with Gasteiger partial charge in [0.2, 0.25) is 0 Å². The molecule has 3 N–H and O–H groups in total. The van der Waals surface area contributed by atoms with Gasteiger partial charge in [0.05, 0.1) is 18.2 Å². The maximum atomic E-state index is 14.4. The van der Waals surface area contributed by atoms with Crippen LogP contribution in [0, 0.1) is 6.92 Å². The number of alkyl halides is 2. The number of amides is 2. The van der Waals surface area contributed by atoms with Gasteiger partial charge < -0.3 is 20.6 Å². The average molecular weight is 662 g/mol. The first kappa shape index (κ1) is 34.3. The van der Waals surface area contributed by atoms with Crippen molar-refractivity contribution in [2.24, 2.45) is 0 Å². The number of aliphatic hydroxyl groups is 1. The molecule has 0 radical (unpaired) electrons. The molecule has 1 fully saturated rings. The summed E-state index contributed by atoms with van der Waals surface area (Å²) in [6.07, 6.45) is 4.07. The number of likely N-dealkylation sites (tertiary alicyclic amines) is 1. The minimum atomic E-state index is -1.53. The van der Waals surface area contributed by atoms with Crippen molar-refractivity contribution in [3.63, 3.8) is 0 Å². The molecule has 11 heteroatoms. The molecule has 1 saturated heterocycles. The topological polar surface area (TPSA) is 107 Å². The number of pyridine rings is 1. The number of carbonyl (C=O) groups is 2. The molecular weight excluding hydrogens is 620 g/mol. The minimum Gasteiger partial charge on any atom is -0.390 e. The van der Waals surface area contributed by atoms with Gasteiger partial charge in [-0.2, -0.15) is 0 Å². The summed E-state index contributed by atoms with van der Waals surface area (Å²) < 4.78 is 28.5. The van der Waals surface area contributed by atoms with Crippen LogP contribution in [0.15, 0.2) is 72.4 Å². The van der Waals surface area contributed by atoms with Crippen LogP contribution in [0.2, 0.25) is 0 Å². The molecular formula is C36H41F2N5O3S. The van der Waals surface area contributed by atoms with E-state index in [1.165, 1.54) is 49.6 Å². The molecule has 2 aromatic heterocycles. The van der Waals surface area contributed by atoms with E-state index in [9.17, 15) is 23.5 Å². The van der Waals surface area contributed by atoms with Gasteiger partial charge in [-0.1, -0.05) is 30.3 Å². The molecule has 248 valence electrons. The monoisotopic (exact) mass is 661 g/mol. The summed E-state index contributed by atoms with van der Waals surface area (Å²) in [6.45, 7) is 5.02. The molecule has 3 unspecified atom stereocenters. The predicted molar refractivity (Wildman–Crippen MR) is 179 cm³/mol. The molecule has 5 rings (SSSR count). The van der Waals surface area contributed by atoms with Crippen LogP contribution in [0.3, 0.4) is 0 Å². The van der Waals surface area contributed by atoms with E-state index >= 15 is 0 Å². The summed E-state index contributed by atoms with van der Waals surface area (Å²) in [4.78, 5) is 37.9. The van der Waals surface area contributed by atoms with Crippen molar-refractivity contribution in [1.82, 2.24) is 25.5 Å². The first-order valence-electron chi connectivity index (χ1n) is 15.8. The van der Waals surface area contributed by atoms with E-state index in [0.717, 1.165) is 34.7 Å². The first-order valence-corrected chi connectivity index (χ1v) is 16.7. The maximum absolute atomic E-state index is 14.4. The highest BCUT2D eigenvalue weighted by molar-refractivity contribution is 7.09. The number of carbonyl (C=O) groups excluding carboxylic acids is 2. The zero-order valence-electron chi connectivity index (χ0n) is 26.9. The second-order valence-electron chi connectivity index (χ2n) is 12.6. The molecule has 47 heavy (non-hydrogen) atoms. The second-order valence-corrected chi connectivity index (χ2v) is 13.4. The second kappa shape index (κ2) is 15.2. The molecule has 0 spiro atoms. The third-order valence-electron chi connectivity index (χ3n) is 8.34. The van der Waals surface area contributed by atoms with Crippen LogP contribution in [0.1, 0.15) is 86.4 Å². The standard InChI is InChI=1S/C36H41F2N5O3S/c1-23-22-47-34(41-23)31-10-7-11-43(31)35(46)28-13-25(17-37)12-27(16-28)33(45)42-30(15-24-8-5-4-6-9-24)32(44)21-40-19-26-14-29(20-39-18-26)36(2,3)38/h4-6,8-9,12-14,16,18,20,22,30-32,40,44H,7,10-11,15,17,19,21H2,1-3H3,(H,42,45). The van der Waals surface area contributed by atoms with E-state index in [-0.39, 0.29) is 35.2 Å². The summed E-state index contributed by atoms with van der Waals surface area (Å²) in [5, 5.41) is 20.2. The largest absolute Gasteiger partial charge is 0.390 e. The minimum absolute atomic E-state index is 0.127. The van der Waals surface area contributed by atoms with E-state index in [1.54, 1.807) is 17.2 Å². The summed E-state index contributed by atoms with van der Waals surface area (Å²) in [6, 6.07) is 14.8. The van der Waals surface area contributed by atoms with E-state index < -0.39 is 30.4 Å². The van der Waals surface area contributed by atoms with Crippen molar-refractivity contribution in [3.8, 4) is 0 Å². The fourth-order valence-corrected chi connectivity index (χ4v) is 6.74. The van der Waals surface area contributed by atoms with Gasteiger partial charge in [-0.3, -0.25) is 14.6 Å². The lowest BCUT2D eigenvalue weighted by Gasteiger charge is -2.26. The van der Waals surface area contributed by atoms with Crippen LogP contribution < -0.4 is 10.6 Å². The molecule has 3 atom stereocenters. The summed E-state index contributed by atoms with van der Waals surface area (Å²) in [7, 11) is 0. The summed E-state index contributed by atoms with van der Waals surface area (Å²) in [5.74, 6) is -0.797. The van der Waals surface area contributed by atoms with Crippen LogP contribution in [-0.4, -0.2) is 57.0 Å². The molecule has 2 aromatic carbocycles. The van der Waals surface area contributed by atoms with E-state index in [0.29, 0.717) is 25.1 Å². The Bertz CT molecular complexity index is 1680. The number of hydrogen-bond acceptors (Lipinski definition) is 7. The fourth-order valence-electron chi connectivity index (χ4n) is 5.80. The number of hydrogen-bond donors (Lipinski definition) is 3. The fraction of sp³-hybridized carbons (Fsp3) is 0.389. The Balaban J connectivity index is 1.31. The summed E-state index contributed by atoms with van der Waals surface area (Å²) in [5.41, 5.74) is 2.08. The Morgan fingerprint density at radius 1 is 1.09 bits per heavy atom. The molecule has 8 nitrogen and oxygen atoms in total. The Labute approximate surface area is 278 Å². The van der Waals surface area contributed by atoms with Gasteiger partial charge in [0.1, 0.15) is 17.4 Å². The molecule has 0 bridgehead atoms. The van der Waals surface area contributed by atoms with Crippen molar-refractivity contribution < 1.29 is 23.5 Å². The number of benzene rings is 2. The normalized spacial score (nSPS) is 16.2. The molecule has 1 aliphatic heterocycles. The lowest BCUT2D eigenvalue weighted by atomic mass is 9.99. The Morgan fingerprint density at radius 3 is 2.55 bits per heavy atom. The van der Waals surface area contributed by atoms with Gasteiger partial charge in [0.25, 0.3) is 11.8 Å². The van der Waals surface area contributed by atoms with Crippen LogP contribution in [0.25, 0.3) is 0 Å². The number of nitrogens with zero attached hydrogens (tertiary/aromatic N) is 3. The van der Waals surface area contributed by atoms with Crippen LogP contribution in [0.5, 0.6) is 0 Å². The van der Waals surface area contributed by atoms with Crippen molar-refractivity contribution in [2.45, 2.75) is 77.1 Å². The van der Waals surface area contributed by atoms with Crippen LogP contribution in [-0.2, 0) is 25.3 Å². The number of aliphatic hydroxyl groups excluding tert-OH is 1. The third kappa shape index (κ3) is 8.85. The molecule has 0 aliphatic carbocycles. The lowest BCUT2D eigenvalue weighted by molar-refractivity contribution is 0.0735. The number of thiazole rings is 1. The highest BCUT2D eigenvalue weighted by Crippen LogP contribution is 2.35. The quantitative estimate of drug-likeness (QED) is 0.163. The van der Waals surface area contributed by atoms with Crippen LogP contribution in [0.4, 0.5) is 8.78 Å². The zero-order chi connectivity index (χ0) is 33.6. The third-order valence-corrected chi connectivity index (χ3v) is 9.40. The SMILES string of the molecule is Cc1csc(C2CCCN2C(=O)c2cc(CF)cc(C(=O)NC(Cc3ccccc3)C(O)CNCc3cncc(C(C)(C)F)c3)c2)n1. The summed E-state index contributed by atoms with van der Waals surface area (Å²) >= 11 is 1.52. The van der Waals surface area contributed by atoms with Gasteiger partial charge in [0.15, 0.2) is 0 Å². The maximum Gasteiger partial charge on any atom is 0.254 e. The van der Waals surface area contributed by atoms with Crippen molar-refractivity contribution in [2.75, 3.05) is 13.1 Å². The van der Waals surface area contributed by atoms with Crippen LogP contribution >= 0.6 is 11.3 Å². The smallest absolute Gasteiger partial charge is 0.254 e. The van der Waals surface area contributed by atoms with Gasteiger partial charge in [-0.15, -0.1) is 11.3 Å². The zero-order valence-corrected chi connectivity index (χ0v) is 27.7. The number of nitrogens with one attached hydrogen (secondary N) is 2. The van der Waals surface area contributed by atoms with Gasteiger partial charge in [0, 0.05) is 59.8 Å². The van der Waals surface area contributed by atoms with E-state index in [1.807, 2.05) is 42.6 Å². The predicted octanol–water partition coefficient (Wildman–Crippen LogP) is 5.99. The number of aromatic nitrogens is 2. The van der Waals surface area contributed by atoms with E-state index in [4.69, 9.17) is 0 Å². The molecule has 1 aliphatic rings.